The predicted molar refractivity (Wildman–Crippen MR) is 94.7 cm³/mol. The van der Waals surface area contributed by atoms with E-state index in [2.05, 4.69) is 9.98 Å². The standard InChI is InChI=1S/C20H16N2O3/c1-13(23)25-18-9-5-8-15-10-11-16(21-19(15)18)20-22-17(12-24-20)14-6-3-2-4-7-14/h2-11,17H,12H2,1H3/t17-/m0/s1. The smallest absolute Gasteiger partial charge is 0.308 e. The van der Waals surface area contributed by atoms with E-state index in [9.17, 15) is 4.79 Å². The van der Waals surface area contributed by atoms with Crippen LogP contribution in [0.25, 0.3) is 10.9 Å². The van der Waals surface area contributed by atoms with Gasteiger partial charge < -0.3 is 9.47 Å². The average molecular weight is 332 g/mol. The molecule has 0 bridgehead atoms. The molecule has 0 spiro atoms. The van der Waals surface area contributed by atoms with Crippen LogP contribution in [0.15, 0.2) is 65.7 Å². The number of fused-ring (bicyclic) bond motifs is 1. The first-order chi connectivity index (χ1) is 12.2. The Labute approximate surface area is 144 Å². The van der Waals surface area contributed by atoms with E-state index in [0.29, 0.717) is 29.5 Å². The monoisotopic (exact) mass is 332 g/mol. The van der Waals surface area contributed by atoms with Crippen LogP contribution in [0, 0.1) is 0 Å². The van der Waals surface area contributed by atoms with E-state index in [4.69, 9.17) is 9.47 Å². The molecule has 0 saturated carbocycles. The maximum Gasteiger partial charge on any atom is 0.308 e. The van der Waals surface area contributed by atoms with Gasteiger partial charge in [0.15, 0.2) is 5.75 Å². The third kappa shape index (κ3) is 3.08. The van der Waals surface area contributed by atoms with E-state index >= 15 is 0 Å². The number of hydrogen-bond acceptors (Lipinski definition) is 5. The molecule has 0 saturated heterocycles. The summed E-state index contributed by atoms with van der Waals surface area (Å²) in [7, 11) is 0. The van der Waals surface area contributed by atoms with E-state index in [0.717, 1.165) is 10.9 Å². The minimum atomic E-state index is -0.377. The Balaban J connectivity index is 1.71. The third-order valence-corrected chi connectivity index (χ3v) is 3.99. The molecule has 25 heavy (non-hydrogen) atoms. The van der Waals surface area contributed by atoms with Gasteiger partial charge >= 0.3 is 5.97 Å². The summed E-state index contributed by atoms with van der Waals surface area (Å²) in [6, 6.07) is 19.3. The second kappa shape index (κ2) is 6.36. The highest BCUT2D eigenvalue weighted by Gasteiger charge is 2.22. The van der Waals surface area contributed by atoms with Crippen molar-refractivity contribution in [1.29, 1.82) is 0 Å². The highest BCUT2D eigenvalue weighted by Crippen LogP contribution is 2.27. The molecule has 1 aliphatic rings. The molecular weight excluding hydrogens is 316 g/mol. The maximum absolute atomic E-state index is 11.3. The number of hydrogen-bond donors (Lipinski definition) is 0. The van der Waals surface area contributed by atoms with Gasteiger partial charge in [0.25, 0.3) is 0 Å². The zero-order valence-corrected chi connectivity index (χ0v) is 13.7. The Morgan fingerprint density at radius 1 is 1.08 bits per heavy atom. The molecule has 5 nitrogen and oxygen atoms in total. The van der Waals surface area contributed by atoms with Gasteiger partial charge in [-0.3, -0.25) is 4.79 Å². The fourth-order valence-electron chi connectivity index (χ4n) is 2.84. The molecule has 0 unspecified atom stereocenters. The Hall–Kier alpha value is -3.21. The fourth-order valence-corrected chi connectivity index (χ4v) is 2.84. The van der Waals surface area contributed by atoms with Gasteiger partial charge in [0.05, 0.1) is 0 Å². The fraction of sp³-hybridized carbons (Fsp3) is 0.150. The van der Waals surface area contributed by atoms with Crippen molar-refractivity contribution in [3.63, 3.8) is 0 Å². The van der Waals surface area contributed by atoms with Gasteiger partial charge in [-0.25, -0.2) is 9.98 Å². The van der Waals surface area contributed by atoms with Crippen LogP contribution in [-0.2, 0) is 9.53 Å². The van der Waals surface area contributed by atoms with Gasteiger partial charge in [-0.2, -0.15) is 0 Å². The number of para-hydroxylation sites is 1. The summed E-state index contributed by atoms with van der Waals surface area (Å²) in [4.78, 5) is 20.6. The van der Waals surface area contributed by atoms with Crippen LogP contribution in [0.2, 0.25) is 0 Å². The molecule has 0 aliphatic carbocycles. The van der Waals surface area contributed by atoms with Crippen molar-refractivity contribution in [2.45, 2.75) is 13.0 Å². The minimum Gasteiger partial charge on any atom is -0.474 e. The van der Waals surface area contributed by atoms with Crippen molar-refractivity contribution in [3.05, 3.63) is 71.9 Å². The quantitative estimate of drug-likeness (QED) is 0.542. The lowest BCUT2D eigenvalue weighted by atomic mass is 10.1. The molecule has 0 radical (unpaired) electrons. The lowest BCUT2D eigenvalue weighted by Gasteiger charge is -2.07. The van der Waals surface area contributed by atoms with Crippen molar-refractivity contribution < 1.29 is 14.3 Å². The normalized spacial score (nSPS) is 16.4. The molecule has 1 aliphatic heterocycles. The van der Waals surface area contributed by atoms with E-state index in [1.165, 1.54) is 6.92 Å². The number of benzene rings is 2. The molecule has 4 rings (SSSR count). The number of carbonyl (C=O) groups excluding carboxylic acids is 1. The first-order valence-corrected chi connectivity index (χ1v) is 8.05. The molecule has 0 amide bonds. The maximum atomic E-state index is 11.3. The van der Waals surface area contributed by atoms with Gasteiger partial charge in [0.1, 0.15) is 23.9 Å². The molecule has 3 aromatic rings. The number of nitrogens with zero attached hydrogens (tertiary/aromatic N) is 2. The number of esters is 1. The molecule has 0 N–H and O–H groups in total. The highest BCUT2D eigenvalue weighted by atomic mass is 16.5. The Kier molecular flexibility index (Phi) is 3.90. The van der Waals surface area contributed by atoms with Crippen molar-refractivity contribution >= 4 is 22.8 Å². The second-order valence-electron chi connectivity index (χ2n) is 5.79. The number of ether oxygens (including phenoxy) is 2. The number of aromatic nitrogens is 1. The minimum absolute atomic E-state index is 0.0302. The van der Waals surface area contributed by atoms with Crippen LogP contribution < -0.4 is 4.74 Å². The number of rotatable bonds is 3. The highest BCUT2D eigenvalue weighted by molar-refractivity contribution is 5.97. The largest absolute Gasteiger partial charge is 0.474 e. The molecule has 1 atom stereocenters. The second-order valence-corrected chi connectivity index (χ2v) is 5.79. The van der Waals surface area contributed by atoms with Crippen LogP contribution in [0.1, 0.15) is 24.2 Å². The van der Waals surface area contributed by atoms with Crippen molar-refractivity contribution in [2.75, 3.05) is 6.61 Å². The van der Waals surface area contributed by atoms with Gasteiger partial charge in [-0.15, -0.1) is 0 Å². The Bertz CT molecular complexity index is 967. The van der Waals surface area contributed by atoms with Crippen molar-refractivity contribution in [2.24, 2.45) is 4.99 Å². The summed E-state index contributed by atoms with van der Waals surface area (Å²) in [5, 5.41) is 0.890. The molecule has 5 heteroatoms. The Morgan fingerprint density at radius 2 is 1.92 bits per heavy atom. The molecular formula is C20H16N2O3. The van der Waals surface area contributed by atoms with Crippen molar-refractivity contribution in [1.82, 2.24) is 4.98 Å². The van der Waals surface area contributed by atoms with Crippen LogP contribution in [0.5, 0.6) is 5.75 Å². The first-order valence-electron chi connectivity index (χ1n) is 8.05. The number of pyridine rings is 1. The summed E-state index contributed by atoms with van der Waals surface area (Å²) in [5.74, 6) is 0.566. The predicted octanol–water partition coefficient (Wildman–Crippen LogP) is 3.68. The summed E-state index contributed by atoms with van der Waals surface area (Å²) < 4.78 is 11.0. The summed E-state index contributed by atoms with van der Waals surface area (Å²) in [5.41, 5.74) is 2.36. The van der Waals surface area contributed by atoms with E-state index in [1.54, 1.807) is 6.07 Å². The third-order valence-electron chi connectivity index (χ3n) is 3.99. The molecule has 0 fully saturated rings. The van der Waals surface area contributed by atoms with Gasteiger partial charge in [0, 0.05) is 12.3 Å². The molecule has 2 aromatic carbocycles. The zero-order chi connectivity index (χ0) is 17.2. The van der Waals surface area contributed by atoms with Gasteiger partial charge in [-0.05, 0) is 17.7 Å². The van der Waals surface area contributed by atoms with Crippen LogP contribution in [-0.4, -0.2) is 23.5 Å². The van der Waals surface area contributed by atoms with E-state index < -0.39 is 0 Å². The summed E-state index contributed by atoms with van der Waals surface area (Å²) in [6.07, 6.45) is 0. The SMILES string of the molecule is CC(=O)Oc1cccc2ccc(C3=N[C@H](c4ccccc4)CO3)nc12. The molecule has 124 valence electrons. The molecule has 2 heterocycles. The van der Waals surface area contributed by atoms with Crippen LogP contribution in [0.4, 0.5) is 0 Å². The first kappa shape index (κ1) is 15.3. The van der Waals surface area contributed by atoms with Gasteiger partial charge in [0.2, 0.25) is 5.90 Å². The summed E-state index contributed by atoms with van der Waals surface area (Å²) >= 11 is 0. The summed E-state index contributed by atoms with van der Waals surface area (Å²) in [6.45, 7) is 1.86. The number of aliphatic imine (C=N–C) groups is 1. The lowest BCUT2D eigenvalue weighted by molar-refractivity contribution is -0.131. The van der Waals surface area contributed by atoms with E-state index in [-0.39, 0.29) is 12.0 Å². The lowest BCUT2D eigenvalue weighted by Crippen LogP contribution is -2.06. The Morgan fingerprint density at radius 3 is 2.72 bits per heavy atom. The van der Waals surface area contributed by atoms with Gasteiger partial charge in [-0.1, -0.05) is 48.5 Å². The van der Waals surface area contributed by atoms with Crippen LogP contribution >= 0.6 is 0 Å². The number of carbonyl (C=O) groups is 1. The zero-order valence-electron chi connectivity index (χ0n) is 13.7. The van der Waals surface area contributed by atoms with Crippen molar-refractivity contribution in [3.8, 4) is 5.75 Å². The topological polar surface area (TPSA) is 60.8 Å². The molecule has 1 aromatic heterocycles. The van der Waals surface area contributed by atoms with E-state index in [1.807, 2.05) is 54.6 Å². The van der Waals surface area contributed by atoms with Crippen LogP contribution in [0.3, 0.4) is 0 Å². The average Bonchev–Trinajstić information content (AvgIpc) is 3.12.